The zero-order valence-corrected chi connectivity index (χ0v) is 13.5. The van der Waals surface area contributed by atoms with E-state index in [0.717, 1.165) is 0 Å². The first-order valence-corrected chi connectivity index (χ1v) is 7.89. The number of carboxylic acids is 1. The van der Waals surface area contributed by atoms with Crippen LogP contribution in [0.2, 0.25) is 0 Å². The first-order chi connectivity index (χ1) is 9.95. The Hall–Kier alpha value is -1.65. The molecule has 3 nitrogen and oxygen atoms in total. The Kier molecular flexibility index (Phi) is 5.15. The van der Waals surface area contributed by atoms with Gasteiger partial charge in [-0.25, -0.2) is 0 Å². The molecule has 0 unspecified atom stereocenters. The van der Waals surface area contributed by atoms with Crippen LogP contribution in [-0.2, 0) is 11.3 Å². The molecule has 2 rings (SSSR count). The highest BCUT2D eigenvalue weighted by molar-refractivity contribution is 7.15. The molecule has 0 saturated heterocycles. The summed E-state index contributed by atoms with van der Waals surface area (Å²) in [7, 11) is 0. The fourth-order valence-electron chi connectivity index (χ4n) is 2.13. The quantitative estimate of drug-likeness (QED) is 0.876. The van der Waals surface area contributed by atoms with Gasteiger partial charge in [0.25, 0.3) is 0 Å². The Morgan fingerprint density at radius 3 is 2.43 bits per heavy atom. The van der Waals surface area contributed by atoms with Gasteiger partial charge in [-0.3, -0.25) is 9.69 Å². The second-order valence-corrected chi connectivity index (χ2v) is 6.69. The van der Waals surface area contributed by atoms with Crippen LogP contribution in [0.5, 0.6) is 0 Å². The predicted molar refractivity (Wildman–Crippen MR) is 87.7 cm³/mol. The van der Waals surface area contributed by atoms with Gasteiger partial charge in [0.15, 0.2) is 0 Å². The minimum absolute atomic E-state index is 0.0788. The molecule has 2 aromatic rings. The van der Waals surface area contributed by atoms with E-state index in [4.69, 9.17) is 5.11 Å². The summed E-state index contributed by atoms with van der Waals surface area (Å²) in [6, 6.07) is 12.9. The zero-order chi connectivity index (χ0) is 15.4. The van der Waals surface area contributed by atoms with Gasteiger partial charge in [-0.15, -0.1) is 11.3 Å². The van der Waals surface area contributed by atoms with Gasteiger partial charge in [0.2, 0.25) is 0 Å². The molecule has 0 aliphatic rings. The van der Waals surface area contributed by atoms with Crippen LogP contribution in [0, 0.1) is 6.92 Å². The third kappa shape index (κ3) is 4.41. The third-order valence-corrected chi connectivity index (χ3v) is 4.54. The molecule has 0 atom stereocenters. The van der Waals surface area contributed by atoms with Gasteiger partial charge in [-0.1, -0.05) is 29.8 Å². The molecule has 1 aromatic carbocycles. The summed E-state index contributed by atoms with van der Waals surface area (Å²) >= 11 is 1.73. The highest BCUT2D eigenvalue weighted by Crippen LogP contribution is 2.29. The summed E-state index contributed by atoms with van der Waals surface area (Å²) in [6.07, 6.45) is 0. The van der Waals surface area contributed by atoms with Crippen LogP contribution in [0.15, 0.2) is 36.4 Å². The van der Waals surface area contributed by atoms with E-state index in [1.165, 1.54) is 20.9 Å². The van der Waals surface area contributed by atoms with Crippen molar-refractivity contribution in [2.45, 2.75) is 33.4 Å². The second-order valence-electron chi connectivity index (χ2n) is 5.52. The summed E-state index contributed by atoms with van der Waals surface area (Å²) in [4.78, 5) is 15.3. The molecule has 0 amide bonds. The summed E-state index contributed by atoms with van der Waals surface area (Å²) in [5.74, 6) is -0.779. The molecule has 0 spiro atoms. The van der Waals surface area contributed by atoms with Crippen molar-refractivity contribution in [1.82, 2.24) is 4.90 Å². The maximum Gasteiger partial charge on any atom is 0.317 e. The van der Waals surface area contributed by atoms with E-state index in [1.54, 1.807) is 11.3 Å². The Balaban J connectivity index is 2.11. The van der Waals surface area contributed by atoms with E-state index in [-0.39, 0.29) is 12.6 Å². The molecular weight excluding hydrogens is 282 g/mol. The van der Waals surface area contributed by atoms with Gasteiger partial charge in [-0.05, 0) is 38.5 Å². The minimum Gasteiger partial charge on any atom is -0.480 e. The molecule has 1 N–H and O–H groups in total. The maximum atomic E-state index is 10.9. The number of benzene rings is 1. The molecule has 1 aromatic heterocycles. The minimum atomic E-state index is -0.779. The molecule has 0 aliphatic heterocycles. The summed E-state index contributed by atoms with van der Waals surface area (Å²) in [5, 5.41) is 8.98. The zero-order valence-electron chi connectivity index (χ0n) is 12.7. The van der Waals surface area contributed by atoms with Crippen molar-refractivity contribution in [3.05, 3.63) is 46.8 Å². The van der Waals surface area contributed by atoms with E-state index in [1.807, 2.05) is 18.7 Å². The maximum absolute atomic E-state index is 10.9. The Morgan fingerprint density at radius 1 is 1.19 bits per heavy atom. The highest BCUT2D eigenvalue weighted by atomic mass is 32.1. The lowest BCUT2D eigenvalue weighted by atomic mass is 10.1. The topological polar surface area (TPSA) is 40.5 Å². The number of aliphatic carboxylic acids is 1. The van der Waals surface area contributed by atoms with Crippen molar-refractivity contribution in [2.24, 2.45) is 0 Å². The van der Waals surface area contributed by atoms with Crippen LogP contribution in [0.25, 0.3) is 10.4 Å². The van der Waals surface area contributed by atoms with Crippen molar-refractivity contribution in [1.29, 1.82) is 0 Å². The fraction of sp³-hybridized carbons (Fsp3) is 0.353. The number of hydrogen-bond acceptors (Lipinski definition) is 3. The molecule has 112 valence electrons. The largest absolute Gasteiger partial charge is 0.480 e. The molecule has 0 aliphatic carbocycles. The van der Waals surface area contributed by atoms with Crippen molar-refractivity contribution >= 4 is 17.3 Å². The van der Waals surface area contributed by atoms with E-state index in [9.17, 15) is 4.79 Å². The van der Waals surface area contributed by atoms with Gasteiger partial charge in [0, 0.05) is 22.3 Å². The summed E-state index contributed by atoms with van der Waals surface area (Å²) in [6.45, 7) is 6.89. The van der Waals surface area contributed by atoms with Crippen molar-refractivity contribution in [3.63, 3.8) is 0 Å². The number of rotatable bonds is 6. The van der Waals surface area contributed by atoms with Crippen molar-refractivity contribution in [3.8, 4) is 10.4 Å². The SMILES string of the molecule is Cc1ccc(-c2ccc(CN(CC(=O)O)C(C)C)s2)cc1. The number of carboxylic acid groups (broad SMARTS) is 1. The normalized spacial score (nSPS) is 11.3. The van der Waals surface area contributed by atoms with Crippen LogP contribution >= 0.6 is 11.3 Å². The third-order valence-electron chi connectivity index (χ3n) is 3.43. The van der Waals surface area contributed by atoms with Crippen LogP contribution in [0.1, 0.15) is 24.3 Å². The lowest BCUT2D eigenvalue weighted by molar-refractivity contribution is -0.138. The molecule has 1 heterocycles. The molecule has 0 radical (unpaired) electrons. The van der Waals surface area contributed by atoms with Crippen LogP contribution < -0.4 is 0 Å². The van der Waals surface area contributed by atoms with Crippen LogP contribution in [0.4, 0.5) is 0 Å². The molecule has 4 heteroatoms. The van der Waals surface area contributed by atoms with Gasteiger partial charge < -0.3 is 5.11 Å². The fourth-order valence-corrected chi connectivity index (χ4v) is 3.17. The number of aryl methyl sites for hydroxylation is 1. The Bertz CT molecular complexity index is 602. The Labute approximate surface area is 129 Å². The average Bonchev–Trinajstić information content (AvgIpc) is 2.87. The number of thiophene rings is 1. The monoisotopic (exact) mass is 303 g/mol. The van der Waals surface area contributed by atoms with Gasteiger partial charge in [0.1, 0.15) is 0 Å². The van der Waals surface area contributed by atoms with E-state index >= 15 is 0 Å². The summed E-state index contributed by atoms with van der Waals surface area (Å²) < 4.78 is 0. The average molecular weight is 303 g/mol. The summed E-state index contributed by atoms with van der Waals surface area (Å²) in [5.41, 5.74) is 2.47. The lowest BCUT2D eigenvalue weighted by Crippen LogP contribution is -2.34. The van der Waals surface area contributed by atoms with Crippen LogP contribution in [0.3, 0.4) is 0 Å². The number of carbonyl (C=O) groups is 1. The van der Waals surface area contributed by atoms with Gasteiger partial charge in [0.05, 0.1) is 6.54 Å². The van der Waals surface area contributed by atoms with E-state index < -0.39 is 5.97 Å². The lowest BCUT2D eigenvalue weighted by Gasteiger charge is -2.23. The van der Waals surface area contributed by atoms with Gasteiger partial charge >= 0.3 is 5.97 Å². The molecule has 0 bridgehead atoms. The van der Waals surface area contributed by atoms with Gasteiger partial charge in [-0.2, -0.15) is 0 Å². The van der Waals surface area contributed by atoms with E-state index in [2.05, 4.69) is 43.3 Å². The molecule has 0 fully saturated rings. The standard InChI is InChI=1S/C17H21NO2S/c1-12(2)18(11-17(19)20)10-15-8-9-16(21-15)14-6-4-13(3)5-7-14/h4-9,12H,10-11H2,1-3H3,(H,19,20). The first-order valence-electron chi connectivity index (χ1n) is 7.07. The smallest absolute Gasteiger partial charge is 0.317 e. The van der Waals surface area contributed by atoms with Crippen molar-refractivity contribution < 1.29 is 9.90 Å². The first kappa shape index (κ1) is 15.7. The van der Waals surface area contributed by atoms with E-state index in [0.29, 0.717) is 6.54 Å². The highest BCUT2D eigenvalue weighted by Gasteiger charge is 2.15. The Morgan fingerprint density at radius 2 is 1.86 bits per heavy atom. The van der Waals surface area contributed by atoms with Crippen molar-refractivity contribution in [2.75, 3.05) is 6.54 Å². The number of nitrogens with zero attached hydrogens (tertiary/aromatic N) is 1. The predicted octanol–water partition coefficient (Wildman–Crippen LogP) is 4.02. The second kappa shape index (κ2) is 6.87. The number of hydrogen-bond donors (Lipinski definition) is 1. The molecule has 0 saturated carbocycles. The molecule has 21 heavy (non-hydrogen) atoms. The molecular formula is C17H21NO2S. The van der Waals surface area contributed by atoms with Crippen LogP contribution in [-0.4, -0.2) is 28.6 Å².